The van der Waals surface area contributed by atoms with E-state index in [4.69, 9.17) is 4.74 Å². The van der Waals surface area contributed by atoms with E-state index in [1.54, 1.807) is 7.11 Å². The van der Waals surface area contributed by atoms with Crippen molar-refractivity contribution in [1.29, 1.82) is 0 Å². The molecule has 1 heterocycles. The van der Waals surface area contributed by atoms with Gasteiger partial charge >= 0.3 is 0 Å². The van der Waals surface area contributed by atoms with Crippen LogP contribution in [0.25, 0.3) is 0 Å². The van der Waals surface area contributed by atoms with E-state index in [1.165, 1.54) is 11.3 Å². The van der Waals surface area contributed by atoms with Gasteiger partial charge in [-0.1, -0.05) is 6.07 Å². The number of benzene rings is 1. The zero-order valence-electron chi connectivity index (χ0n) is 11.8. The summed E-state index contributed by atoms with van der Waals surface area (Å²) in [5.41, 5.74) is 2.37. The minimum absolute atomic E-state index is 0.221. The number of methoxy groups -OCH3 is 1. The molecule has 0 saturated carbocycles. The van der Waals surface area contributed by atoms with Gasteiger partial charge in [0.15, 0.2) is 0 Å². The topological polar surface area (TPSA) is 41.6 Å². The van der Waals surface area contributed by atoms with Crippen LogP contribution in [0.1, 0.15) is 18.5 Å². The minimum atomic E-state index is -0.649. The van der Waals surface area contributed by atoms with Crippen molar-refractivity contribution in [2.75, 3.05) is 43.7 Å². The summed E-state index contributed by atoms with van der Waals surface area (Å²) in [7, 11) is 3.01. The SMILES string of the molecule is CNC(C)c1c(OC)cccc1N1CCS(=O)CC1. The van der Waals surface area contributed by atoms with E-state index in [0.29, 0.717) is 0 Å². The lowest BCUT2D eigenvalue weighted by atomic mass is 10.0. The molecule has 0 spiro atoms. The number of hydrogen-bond acceptors (Lipinski definition) is 4. The zero-order chi connectivity index (χ0) is 13.8. The molecule has 1 aliphatic heterocycles. The molecule has 2 rings (SSSR count). The Balaban J connectivity index is 2.36. The third kappa shape index (κ3) is 3.09. The molecule has 0 bridgehead atoms. The molecule has 1 saturated heterocycles. The molecule has 1 unspecified atom stereocenters. The van der Waals surface area contributed by atoms with E-state index in [-0.39, 0.29) is 6.04 Å². The van der Waals surface area contributed by atoms with Gasteiger partial charge in [0, 0.05) is 52.7 Å². The number of nitrogens with zero attached hydrogens (tertiary/aromatic N) is 1. The van der Waals surface area contributed by atoms with Crippen LogP contribution >= 0.6 is 0 Å². The maximum Gasteiger partial charge on any atom is 0.125 e. The first kappa shape index (κ1) is 14.3. The summed E-state index contributed by atoms with van der Waals surface area (Å²) in [4.78, 5) is 2.31. The van der Waals surface area contributed by atoms with Gasteiger partial charge in [0.05, 0.1) is 7.11 Å². The number of ether oxygens (including phenoxy) is 1. The van der Waals surface area contributed by atoms with Crippen molar-refractivity contribution in [3.05, 3.63) is 23.8 Å². The molecule has 106 valence electrons. The highest BCUT2D eigenvalue weighted by molar-refractivity contribution is 7.85. The fourth-order valence-electron chi connectivity index (χ4n) is 2.44. The largest absolute Gasteiger partial charge is 0.496 e. The van der Waals surface area contributed by atoms with Crippen molar-refractivity contribution in [3.8, 4) is 5.75 Å². The Morgan fingerprint density at radius 1 is 1.37 bits per heavy atom. The Bertz CT molecular complexity index is 455. The maximum absolute atomic E-state index is 11.5. The second kappa shape index (κ2) is 6.39. The predicted octanol–water partition coefficient (Wildman–Crippen LogP) is 1.54. The monoisotopic (exact) mass is 282 g/mol. The summed E-state index contributed by atoms with van der Waals surface area (Å²) in [5, 5.41) is 3.28. The summed E-state index contributed by atoms with van der Waals surface area (Å²) < 4.78 is 17.0. The van der Waals surface area contributed by atoms with Crippen molar-refractivity contribution in [2.45, 2.75) is 13.0 Å². The summed E-state index contributed by atoms with van der Waals surface area (Å²) in [5.74, 6) is 2.42. The van der Waals surface area contributed by atoms with Gasteiger partial charge in [-0.3, -0.25) is 4.21 Å². The van der Waals surface area contributed by atoms with E-state index in [1.807, 2.05) is 19.2 Å². The molecular weight excluding hydrogens is 260 g/mol. The van der Waals surface area contributed by atoms with E-state index in [0.717, 1.165) is 30.3 Å². The standard InChI is InChI=1S/C14H22N2O2S/c1-11(15-2)14-12(5-4-6-13(14)18-3)16-7-9-19(17)10-8-16/h4-6,11,15H,7-10H2,1-3H3. The first-order valence-corrected chi connectivity index (χ1v) is 8.10. The first-order chi connectivity index (χ1) is 9.17. The normalized spacial score (nSPS) is 18.4. The Morgan fingerprint density at radius 3 is 2.63 bits per heavy atom. The smallest absolute Gasteiger partial charge is 0.125 e. The van der Waals surface area contributed by atoms with Gasteiger partial charge < -0.3 is 15.0 Å². The van der Waals surface area contributed by atoms with Gasteiger partial charge in [0.25, 0.3) is 0 Å². The molecule has 1 aromatic carbocycles. The van der Waals surface area contributed by atoms with E-state index in [2.05, 4.69) is 23.2 Å². The van der Waals surface area contributed by atoms with Crippen LogP contribution in [0.2, 0.25) is 0 Å². The average Bonchev–Trinajstić information content (AvgIpc) is 2.46. The molecule has 1 aliphatic rings. The Hall–Kier alpha value is -1.07. The van der Waals surface area contributed by atoms with Crippen molar-refractivity contribution in [1.82, 2.24) is 5.32 Å². The third-order valence-corrected chi connectivity index (χ3v) is 4.92. The van der Waals surface area contributed by atoms with Crippen molar-refractivity contribution >= 4 is 16.5 Å². The quantitative estimate of drug-likeness (QED) is 0.909. The second-order valence-corrected chi connectivity index (χ2v) is 6.43. The molecule has 0 radical (unpaired) electrons. The van der Waals surface area contributed by atoms with E-state index < -0.39 is 10.8 Å². The molecule has 1 fully saturated rings. The molecule has 1 atom stereocenters. The third-order valence-electron chi connectivity index (χ3n) is 3.65. The van der Waals surface area contributed by atoms with Gasteiger partial charge in [-0.15, -0.1) is 0 Å². The number of nitrogens with one attached hydrogen (secondary N) is 1. The lowest BCUT2D eigenvalue weighted by Gasteiger charge is -2.32. The van der Waals surface area contributed by atoms with Crippen LogP contribution in [0.5, 0.6) is 5.75 Å². The number of rotatable bonds is 4. The molecular formula is C14H22N2O2S. The zero-order valence-corrected chi connectivity index (χ0v) is 12.6. The van der Waals surface area contributed by atoms with Crippen molar-refractivity contribution in [2.24, 2.45) is 0 Å². The highest BCUT2D eigenvalue weighted by Gasteiger charge is 2.22. The molecule has 1 N–H and O–H groups in total. The van der Waals surface area contributed by atoms with Crippen LogP contribution < -0.4 is 15.0 Å². The summed E-state index contributed by atoms with van der Waals surface area (Å²) >= 11 is 0. The highest BCUT2D eigenvalue weighted by atomic mass is 32.2. The average molecular weight is 282 g/mol. The van der Waals surface area contributed by atoms with Crippen LogP contribution in [0.3, 0.4) is 0 Å². The van der Waals surface area contributed by atoms with Crippen LogP contribution in [0, 0.1) is 0 Å². The maximum atomic E-state index is 11.5. The van der Waals surface area contributed by atoms with Gasteiger partial charge in [-0.05, 0) is 26.1 Å². The van der Waals surface area contributed by atoms with Crippen LogP contribution in [0.15, 0.2) is 18.2 Å². The molecule has 1 aromatic rings. The Morgan fingerprint density at radius 2 is 2.05 bits per heavy atom. The van der Waals surface area contributed by atoms with Gasteiger partial charge in [-0.2, -0.15) is 0 Å². The minimum Gasteiger partial charge on any atom is -0.496 e. The fourth-order valence-corrected chi connectivity index (χ4v) is 3.50. The van der Waals surface area contributed by atoms with Crippen LogP contribution in [-0.4, -0.2) is 43.0 Å². The number of hydrogen-bond donors (Lipinski definition) is 1. The fraction of sp³-hybridized carbons (Fsp3) is 0.571. The lowest BCUT2D eigenvalue weighted by Crippen LogP contribution is -2.38. The first-order valence-electron chi connectivity index (χ1n) is 6.61. The van der Waals surface area contributed by atoms with Crippen molar-refractivity contribution < 1.29 is 8.95 Å². The van der Waals surface area contributed by atoms with Crippen LogP contribution in [-0.2, 0) is 10.8 Å². The Labute approximate surface area is 117 Å². The molecule has 0 aromatic heterocycles. The Kier molecular flexibility index (Phi) is 4.82. The van der Waals surface area contributed by atoms with Gasteiger partial charge in [-0.25, -0.2) is 0 Å². The van der Waals surface area contributed by atoms with E-state index in [9.17, 15) is 4.21 Å². The predicted molar refractivity (Wildman–Crippen MR) is 80.6 cm³/mol. The molecule has 4 nitrogen and oxygen atoms in total. The molecule has 0 aliphatic carbocycles. The van der Waals surface area contributed by atoms with Gasteiger partial charge in [0.2, 0.25) is 0 Å². The summed E-state index contributed by atoms with van der Waals surface area (Å²) in [6.07, 6.45) is 0. The van der Waals surface area contributed by atoms with E-state index >= 15 is 0 Å². The summed E-state index contributed by atoms with van der Waals surface area (Å²) in [6, 6.07) is 6.36. The van der Waals surface area contributed by atoms with Crippen LogP contribution in [0.4, 0.5) is 5.69 Å². The lowest BCUT2D eigenvalue weighted by molar-refractivity contribution is 0.404. The summed E-state index contributed by atoms with van der Waals surface area (Å²) in [6.45, 7) is 3.83. The number of anilines is 1. The molecule has 5 heteroatoms. The second-order valence-electron chi connectivity index (χ2n) is 4.74. The highest BCUT2D eigenvalue weighted by Crippen LogP contribution is 2.34. The van der Waals surface area contributed by atoms with Crippen molar-refractivity contribution in [3.63, 3.8) is 0 Å². The molecule has 19 heavy (non-hydrogen) atoms. The molecule has 0 amide bonds. The van der Waals surface area contributed by atoms with Gasteiger partial charge in [0.1, 0.15) is 5.75 Å².